The molecule has 0 bridgehead atoms. The minimum atomic E-state index is 0.0929. The molecule has 0 amide bonds. The molecule has 21 heavy (non-hydrogen) atoms. The van der Waals surface area contributed by atoms with Gasteiger partial charge in [-0.1, -0.05) is 49.4 Å². The topological polar surface area (TPSA) is 29.5 Å². The van der Waals surface area contributed by atoms with Gasteiger partial charge in [0, 0.05) is 17.0 Å². The number of phenols is 1. The van der Waals surface area contributed by atoms with Crippen LogP contribution in [0.4, 0.5) is 0 Å². The highest BCUT2D eigenvalue weighted by molar-refractivity contribution is 5.60. The Labute approximate surface area is 125 Å². The lowest BCUT2D eigenvalue weighted by Gasteiger charge is -2.26. The first-order valence-corrected chi connectivity index (χ1v) is 7.39. The molecule has 0 aromatic heterocycles. The van der Waals surface area contributed by atoms with Crippen LogP contribution < -0.4 is 4.74 Å². The first-order valence-electron chi connectivity index (χ1n) is 7.39. The molecular weight excluding hydrogens is 260 g/mol. The van der Waals surface area contributed by atoms with Crippen LogP contribution in [0.25, 0.3) is 0 Å². The third-order valence-electron chi connectivity index (χ3n) is 4.21. The third-order valence-corrected chi connectivity index (χ3v) is 4.21. The summed E-state index contributed by atoms with van der Waals surface area (Å²) in [6, 6.07) is 12.3. The normalized spacial score (nSPS) is 16.6. The number of methoxy groups -OCH3 is 1. The maximum absolute atomic E-state index is 10.7. The quantitative estimate of drug-likeness (QED) is 0.853. The fourth-order valence-electron chi connectivity index (χ4n) is 3.12. The van der Waals surface area contributed by atoms with Crippen molar-refractivity contribution in [3.63, 3.8) is 0 Å². The zero-order valence-corrected chi connectivity index (χ0v) is 12.5. The summed E-state index contributed by atoms with van der Waals surface area (Å²) >= 11 is 0. The van der Waals surface area contributed by atoms with Crippen LogP contribution in [-0.4, -0.2) is 12.2 Å². The van der Waals surface area contributed by atoms with Gasteiger partial charge in [0.05, 0.1) is 7.11 Å². The summed E-state index contributed by atoms with van der Waals surface area (Å²) in [5.74, 6) is 1.40. The minimum absolute atomic E-state index is 0.0929. The molecule has 2 heteroatoms. The van der Waals surface area contributed by atoms with Crippen molar-refractivity contribution in [3.05, 3.63) is 70.8 Å². The number of ether oxygens (including phenoxy) is 1. The molecule has 2 nitrogen and oxygen atoms in total. The van der Waals surface area contributed by atoms with Crippen LogP contribution in [0.15, 0.2) is 48.6 Å². The molecule has 1 atom stereocenters. The van der Waals surface area contributed by atoms with Gasteiger partial charge in [0.15, 0.2) is 0 Å². The molecular formula is C19H20O2. The summed E-state index contributed by atoms with van der Waals surface area (Å²) in [7, 11) is 1.70. The Kier molecular flexibility index (Phi) is 3.70. The van der Waals surface area contributed by atoms with Gasteiger partial charge < -0.3 is 9.84 Å². The zero-order valence-electron chi connectivity index (χ0n) is 12.5. The van der Waals surface area contributed by atoms with Crippen molar-refractivity contribution in [2.24, 2.45) is 0 Å². The molecule has 2 aromatic rings. The second-order valence-electron chi connectivity index (χ2n) is 5.35. The van der Waals surface area contributed by atoms with E-state index in [2.05, 4.69) is 31.2 Å². The lowest BCUT2D eigenvalue weighted by atomic mass is 9.81. The fraction of sp³-hybridized carbons (Fsp3) is 0.263. The van der Waals surface area contributed by atoms with E-state index in [-0.39, 0.29) is 5.92 Å². The molecule has 0 saturated heterocycles. The van der Waals surface area contributed by atoms with Gasteiger partial charge in [-0.2, -0.15) is 0 Å². The van der Waals surface area contributed by atoms with E-state index in [0.29, 0.717) is 5.75 Å². The fourth-order valence-corrected chi connectivity index (χ4v) is 3.12. The van der Waals surface area contributed by atoms with Gasteiger partial charge in [-0.25, -0.2) is 0 Å². The Bertz CT molecular complexity index is 672. The third kappa shape index (κ3) is 2.31. The van der Waals surface area contributed by atoms with Crippen LogP contribution >= 0.6 is 0 Å². The smallest absolute Gasteiger partial charge is 0.123 e. The zero-order chi connectivity index (χ0) is 14.8. The van der Waals surface area contributed by atoms with Crippen molar-refractivity contribution in [2.75, 3.05) is 7.11 Å². The Hall–Kier alpha value is -2.22. The highest BCUT2D eigenvalue weighted by atomic mass is 16.5. The van der Waals surface area contributed by atoms with E-state index in [1.165, 1.54) is 5.56 Å². The number of phenolic OH excluding ortho intramolecular Hbond substituents is 1. The van der Waals surface area contributed by atoms with E-state index in [1.807, 2.05) is 24.3 Å². The van der Waals surface area contributed by atoms with Gasteiger partial charge in [-0.3, -0.25) is 0 Å². The van der Waals surface area contributed by atoms with Gasteiger partial charge in [0.25, 0.3) is 0 Å². The van der Waals surface area contributed by atoms with Crippen molar-refractivity contribution < 1.29 is 9.84 Å². The molecule has 3 rings (SSSR count). The number of aromatic hydroxyl groups is 1. The lowest BCUT2D eigenvalue weighted by Crippen LogP contribution is -2.10. The largest absolute Gasteiger partial charge is 0.507 e. The number of allylic oxidation sites excluding steroid dienone is 2. The molecule has 2 aromatic carbocycles. The average molecular weight is 280 g/mol. The molecule has 1 aliphatic carbocycles. The lowest BCUT2D eigenvalue weighted by molar-refractivity contribution is 0.403. The molecule has 108 valence electrons. The number of hydrogen-bond acceptors (Lipinski definition) is 2. The average Bonchev–Trinajstić information content (AvgIpc) is 2.55. The molecule has 0 aliphatic heterocycles. The maximum atomic E-state index is 10.7. The molecule has 0 saturated carbocycles. The first-order chi connectivity index (χ1) is 10.3. The van der Waals surface area contributed by atoms with E-state index in [9.17, 15) is 5.11 Å². The summed E-state index contributed by atoms with van der Waals surface area (Å²) < 4.78 is 5.55. The van der Waals surface area contributed by atoms with Gasteiger partial charge in [-0.05, 0) is 30.0 Å². The number of fused-ring (bicyclic) bond motifs is 1. The van der Waals surface area contributed by atoms with Crippen LogP contribution in [0.3, 0.4) is 0 Å². The Morgan fingerprint density at radius 1 is 1.24 bits per heavy atom. The molecule has 1 N–H and O–H groups in total. The molecule has 0 radical (unpaired) electrons. The summed E-state index contributed by atoms with van der Waals surface area (Å²) in [6.07, 6.45) is 5.93. The maximum Gasteiger partial charge on any atom is 0.123 e. The van der Waals surface area contributed by atoms with Crippen molar-refractivity contribution in [2.45, 2.75) is 25.7 Å². The predicted octanol–water partition coefficient (Wildman–Crippen LogP) is 4.21. The SMILES string of the molecule is CCc1cc(OC)c2c(c1O)C(c1ccccc1)C=CC2. The molecule has 0 heterocycles. The first kappa shape index (κ1) is 13.7. The highest BCUT2D eigenvalue weighted by Crippen LogP contribution is 2.44. The molecule has 1 aliphatic rings. The van der Waals surface area contributed by atoms with E-state index in [0.717, 1.165) is 35.3 Å². The highest BCUT2D eigenvalue weighted by Gasteiger charge is 2.26. The Morgan fingerprint density at radius 3 is 2.67 bits per heavy atom. The number of hydrogen-bond donors (Lipinski definition) is 1. The standard InChI is InChI=1S/C19H20O2/c1-3-13-12-17(21-2)16-11-7-10-15(18(16)19(13)20)14-8-5-4-6-9-14/h4-10,12,15,20H,3,11H2,1-2H3. The summed E-state index contributed by atoms with van der Waals surface area (Å²) in [5, 5.41) is 10.7. The number of benzene rings is 2. The summed E-state index contributed by atoms with van der Waals surface area (Å²) in [5.41, 5.74) is 4.24. The predicted molar refractivity (Wildman–Crippen MR) is 85.2 cm³/mol. The van der Waals surface area contributed by atoms with Crippen molar-refractivity contribution in [1.29, 1.82) is 0 Å². The second kappa shape index (κ2) is 5.65. The molecule has 0 fully saturated rings. The van der Waals surface area contributed by atoms with Gasteiger partial charge in [0.2, 0.25) is 0 Å². The van der Waals surface area contributed by atoms with Gasteiger partial charge in [-0.15, -0.1) is 0 Å². The van der Waals surface area contributed by atoms with Crippen LogP contribution in [0, 0.1) is 0 Å². The number of aryl methyl sites for hydroxylation is 1. The van der Waals surface area contributed by atoms with Crippen molar-refractivity contribution in [1.82, 2.24) is 0 Å². The molecule has 1 unspecified atom stereocenters. The Balaban J connectivity index is 2.22. The second-order valence-corrected chi connectivity index (χ2v) is 5.35. The summed E-state index contributed by atoms with van der Waals surface area (Å²) in [4.78, 5) is 0. The van der Waals surface area contributed by atoms with Crippen LogP contribution in [0.2, 0.25) is 0 Å². The molecule has 0 spiro atoms. The van der Waals surface area contributed by atoms with Crippen LogP contribution in [-0.2, 0) is 12.8 Å². The van der Waals surface area contributed by atoms with Crippen LogP contribution in [0.5, 0.6) is 11.5 Å². The van der Waals surface area contributed by atoms with E-state index in [1.54, 1.807) is 7.11 Å². The van der Waals surface area contributed by atoms with Crippen LogP contribution in [0.1, 0.15) is 35.1 Å². The van der Waals surface area contributed by atoms with Gasteiger partial charge in [0.1, 0.15) is 11.5 Å². The van der Waals surface area contributed by atoms with Crippen molar-refractivity contribution >= 4 is 0 Å². The van der Waals surface area contributed by atoms with E-state index >= 15 is 0 Å². The van der Waals surface area contributed by atoms with Crippen molar-refractivity contribution in [3.8, 4) is 11.5 Å². The monoisotopic (exact) mass is 280 g/mol. The minimum Gasteiger partial charge on any atom is -0.507 e. The number of rotatable bonds is 3. The van der Waals surface area contributed by atoms with E-state index < -0.39 is 0 Å². The summed E-state index contributed by atoms with van der Waals surface area (Å²) in [6.45, 7) is 2.05. The van der Waals surface area contributed by atoms with Gasteiger partial charge >= 0.3 is 0 Å². The Morgan fingerprint density at radius 2 is 2.00 bits per heavy atom. The van der Waals surface area contributed by atoms with E-state index in [4.69, 9.17) is 4.74 Å².